The molecule has 0 unspecified atom stereocenters. The molecule has 0 heterocycles. The minimum Gasteiger partial charge on any atom is -0.273 e. The van der Waals surface area contributed by atoms with E-state index >= 15 is 0 Å². The first-order chi connectivity index (χ1) is 6.60. The Balaban J connectivity index is 2.71. The summed E-state index contributed by atoms with van der Waals surface area (Å²) in [5, 5.41) is 10.8. The molecular weight excluding hydrogens is 176 g/mol. The molecule has 0 radical (unpaired) electrons. The Bertz CT molecular complexity index is 247. The van der Waals surface area contributed by atoms with Crippen molar-refractivity contribution >= 4 is 5.91 Å². The number of carbonyl (C=O) groups excluding carboxylic acids is 1. The zero-order chi connectivity index (χ0) is 10.6. The van der Waals surface area contributed by atoms with Gasteiger partial charge in [0.05, 0.1) is 5.41 Å². The maximum Gasteiger partial charge on any atom is 0.239 e. The summed E-state index contributed by atoms with van der Waals surface area (Å²) in [7, 11) is 0. The van der Waals surface area contributed by atoms with Crippen LogP contribution in [-0.2, 0) is 4.79 Å². The highest BCUT2D eigenvalue weighted by Crippen LogP contribution is 2.43. The summed E-state index contributed by atoms with van der Waals surface area (Å²) < 4.78 is 0. The average Bonchev–Trinajstić information content (AvgIpc) is 2.53. The Morgan fingerprint density at radius 2 is 2.07 bits per heavy atom. The number of hydrogen-bond acceptors (Lipinski definition) is 2. The summed E-state index contributed by atoms with van der Waals surface area (Å²) in [6.07, 6.45) is 6.77. The van der Waals surface area contributed by atoms with Crippen LogP contribution in [0.1, 0.15) is 46.0 Å². The zero-order valence-electron chi connectivity index (χ0n) is 8.97. The molecule has 0 aliphatic heterocycles. The molecule has 78 valence electrons. The minimum atomic E-state index is -0.246. The third-order valence-corrected chi connectivity index (χ3v) is 3.01. The fourth-order valence-electron chi connectivity index (χ4n) is 2.54. The van der Waals surface area contributed by atoms with Crippen LogP contribution in [-0.4, -0.2) is 5.91 Å². The van der Waals surface area contributed by atoms with E-state index < -0.39 is 0 Å². The van der Waals surface area contributed by atoms with E-state index in [9.17, 15) is 4.79 Å². The van der Waals surface area contributed by atoms with Gasteiger partial charge in [0, 0.05) is 0 Å². The van der Waals surface area contributed by atoms with E-state index in [0.29, 0.717) is 5.92 Å². The van der Waals surface area contributed by atoms with Gasteiger partial charge in [-0.25, -0.2) is 0 Å². The molecule has 1 aliphatic carbocycles. The first kappa shape index (κ1) is 11.0. The van der Waals surface area contributed by atoms with Gasteiger partial charge in [0.1, 0.15) is 0 Å². The van der Waals surface area contributed by atoms with Crippen molar-refractivity contribution in [1.29, 1.82) is 5.26 Å². The highest BCUT2D eigenvalue weighted by molar-refractivity contribution is 5.84. The first-order valence-electron chi connectivity index (χ1n) is 5.30. The molecule has 0 aromatic heterocycles. The molecule has 0 bridgehead atoms. The van der Waals surface area contributed by atoms with Crippen LogP contribution in [0.2, 0.25) is 0 Å². The zero-order valence-corrected chi connectivity index (χ0v) is 8.97. The lowest BCUT2D eigenvalue weighted by atomic mass is 9.78. The second-order valence-electron chi connectivity index (χ2n) is 4.65. The van der Waals surface area contributed by atoms with Gasteiger partial charge in [-0.15, -0.1) is 0 Å². The molecule has 0 atom stereocenters. The Morgan fingerprint density at radius 1 is 1.50 bits per heavy atom. The average molecular weight is 194 g/mol. The van der Waals surface area contributed by atoms with Gasteiger partial charge < -0.3 is 0 Å². The van der Waals surface area contributed by atoms with Gasteiger partial charge in [0.15, 0.2) is 6.19 Å². The molecule has 0 saturated heterocycles. The van der Waals surface area contributed by atoms with Crippen molar-refractivity contribution < 1.29 is 4.79 Å². The monoisotopic (exact) mass is 194 g/mol. The quantitative estimate of drug-likeness (QED) is 0.553. The summed E-state index contributed by atoms with van der Waals surface area (Å²) in [4.78, 5) is 11.8. The van der Waals surface area contributed by atoms with Crippen molar-refractivity contribution in [2.45, 2.75) is 46.0 Å². The summed E-state index contributed by atoms with van der Waals surface area (Å²) >= 11 is 0. The van der Waals surface area contributed by atoms with Crippen LogP contribution in [0.5, 0.6) is 0 Å². The van der Waals surface area contributed by atoms with Crippen molar-refractivity contribution in [1.82, 2.24) is 5.32 Å². The van der Waals surface area contributed by atoms with Crippen LogP contribution in [0.25, 0.3) is 0 Å². The molecule has 14 heavy (non-hydrogen) atoms. The number of nitrogens with zero attached hydrogens (tertiary/aromatic N) is 1. The predicted molar refractivity (Wildman–Crippen MR) is 54.1 cm³/mol. The molecule has 1 fully saturated rings. The Hall–Kier alpha value is -1.04. The number of hydrogen-bond donors (Lipinski definition) is 1. The van der Waals surface area contributed by atoms with Crippen molar-refractivity contribution in [3.05, 3.63) is 0 Å². The molecule has 0 aromatic rings. The molecule has 1 rings (SSSR count). The van der Waals surface area contributed by atoms with Crippen LogP contribution in [0, 0.1) is 22.8 Å². The van der Waals surface area contributed by atoms with Gasteiger partial charge in [-0.2, -0.15) is 5.26 Å². The van der Waals surface area contributed by atoms with E-state index in [1.807, 2.05) is 0 Å². The number of amides is 1. The minimum absolute atomic E-state index is 0.0637. The van der Waals surface area contributed by atoms with E-state index in [4.69, 9.17) is 5.26 Å². The molecule has 1 aliphatic rings. The topological polar surface area (TPSA) is 52.9 Å². The Labute approximate surface area is 85.5 Å². The van der Waals surface area contributed by atoms with Crippen LogP contribution >= 0.6 is 0 Å². The lowest BCUT2D eigenvalue weighted by Gasteiger charge is -2.27. The smallest absolute Gasteiger partial charge is 0.239 e. The van der Waals surface area contributed by atoms with Gasteiger partial charge in [-0.3, -0.25) is 10.1 Å². The van der Waals surface area contributed by atoms with Gasteiger partial charge in [0.25, 0.3) is 0 Å². The van der Waals surface area contributed by atoms with Gasteiger partial charge in [-0.1, -0.05) is 26.7 Å². The second-order valence-corrected chi connectivity index (χ2v) is 4.65. The van der Waals surface area contributed by atoms with Crippen molar-refractivity contribution in [2.75, 3.05) is 0 Å². The fraction of sp³-hybridized carbons (Fsp3) is 0.818. The summed E-state index contributed by atoms with van der Waals surface area (Å²) in [6.45, 7) is 4.25. The number of nitriles is 1. The maximum absolute atomic E-state index is 11.8. The van der Waals surface area contributed by atoms with E-state index in [0.717, 1.165) is 32.1 Å². The van der Waals surface area contributed by atoms with E-state index in [2.05, 4.69) is 19.2 Å². The normalized spacial score (nSPS) is 19.3. The summed E-state index contributed by atoms with van der Waals surface area (Å²) in [5.41, 5.74) is -0.246. The van der Waals surface area contributed by atoms with Gasteiger partial charge in [-0.05, 0) is 25.2 Å². The number of rotatable bonds is 3. The molecular formula is C11H18N2O. The molecule has 0 spiro atoms. The molecule has 3 heteroatoms. The Kier molecular flexibility index (Phi) is 3.51. The molecule has 1 N–H and O–H groups in total. The van der Waals surface area contributed by atoms with Crippen molar-refractivity contribution in [3.8, 4) is 6.19 Å². The molecule has 1 saturated carbocycles. The summed E-state index contributed by atoms with van der Waals surface area (Å²) in [5.74, 6) is 0.448. The third kappa shape index (κ3) is 2.25. The van der Waals surface area contributed by atoms with E-state index in [1.54, 1.807) is 6.19 Å². The molecule has 0 aromatic carbocycles. The largest absolute Gasteiger partial charge is 0.273 e. The lowest BCUT2D eigenvalue weighted by Crippen LogP contribution is -2.37. The summed E-state index contributed by atoms with van der Waals surface area (Å²) in [6, 6.07) is 0. The van der Waals surface area contributed by atoms with Crippen LogP contribution in [0.4, 0.5) is 0 Å². The van der Waals surface area contributed by atoms with E-state index in [-0.39, 0.29) is 11.3 Å². The van der Waals surface area contributed by atoms with Crippen LogP contribution in [0.3, 0.4) is 0 Å². The van der Waals surface area contributed by atoms with Gasteiger partial charge >= 0.3 is 0 Å². The highest BCUT2D eigenvalue weighted by atomic mass is 16.2. The van der Waals surface area contributed by atoms with Gasteiger partial charge in [0.2, 0.25) is 5.91 Å². The fourth-order valence-corrected chi connectivity index (χ4v) is 2.54. The van der Waals surface area contributed by atoms with Crippen LogP contribution in [0.15, 0.2) is 0 Å². The predicted octanol–water partition coefficient (Wildman–Crippen LogP) is 2.19. The lowest BCUT2D eigenvalue weighted by molar-refractivity contribution is -0.130. The highest BCUT2D eigenvalue weighted by Gasteiger charge is 2.41. The van der Waals surface area contributed by atoms with Crippen molar-refractivity contribution in [3.63, 3.8) is 0 Å². The molecule has 1 amide bonds. The Morgan fingerprint density at radius 3 is 2.50 bits per heavy atom. The number of carbonyl (C=O) groups is 1. The standard InChI is InChI=1S/C11H18N2O/c1-9(2)7-11(5-3-4-6-11)10(14)13-8-12/h9H,3-7H2,1-2H3,(H,13,14). The van der Waals surface area contributed by atoms with Crippen molar-refractivity contribution in [2.24, 2.45) is 11.3 Å². The van der Waals surface area contributed by atoms with Crippen LogP contribution < -0.4 is 5.32 Å². The molecule has 3 nitrogen and oxygen atoms in total. The SMILES string of the molecule is CC(C)CC1(C(=O)NC#N)CCCC1. The van der Waals surface area contributed by atoms with E-state index in [1.165, 1.54) is 0 Å². The third-order valence-electron chi connectivity index (χ3n) is 3.01. The maximum atomic E-state index is 11.8. The number of nitrogens with one attached hydrogen (secondary N) is 1. The first-order valence-corrected chi connectivity index (χ1v) is 5.30. The second kappa shape index (κ2) is 4.45.